The molecule has 2 N–H and O–H groups in total. The van der Waals surface area contributed by atoms with Gasteiger partial charge in [0.25, 0.3) is 0 Å². The largest absolute Gasteiger partial charge is 0.345 e. The molecule has 17 heavy (non-hydrogen) atoms. The number of hydrogen-bond donors (Lipinski definition) is 1. The monoisotopic (exact) mass is 260 g/mol. The van der Waals surface area contributed by atoms with Gasteiger partial charge in [0.15, 0.2) is 0 Å². The van der Waals surface area contributed by atoms with Gasteiger partial charge in [0.05, 0.1) is 0 Å². The lowest BCUT2D eigenvalue weighted by Gasteiger charge is -2.24. The first-order valence-electron chi connectivity index (χ1n) is 6.67. The normalized spacial score (nSPS) is 29.1. The van der Waals surface area contributed by atoms with Crippen LogP contribution in [0.1, 0.15) is 44.9 Å². The Kier molecular flexibility index (Phi) is 5.74. The molecule has 2 aliphatic rings. The van der Waals surface area contributed by atoms with Gasteiger partial charge in [-0.2, -0.15) is 0 Å². The number of carbonyl (C=O) groups is 1. The fourth-order valence-electron chi connectivity index (χ4n) is 3.22. The van der Waals surface area contributed by atoms with Crippen molar-refractivity contribution in [2.75, 3.05) is 13.6 Å². The van der Waals surface area contributed by atoms with E-state index in [4.69, 9.17) is 5.73 Å². The molecule has 0 aromatic heterocycles. The van der Waals surface area contributed by atoms with E-state index >= 15 is 0 Å². The molecule has 0 aromatic carbocycles. The summed E-state index contributed by atoms with van der Waals surface area (Å²) >= 11 is 0. The van der Waals surface area contributed by atoms with Crippen LogP contribution in [0.4, 0.5) is 0 Å². The third-order valence-electron chi connectivity index (χ3n) is 4.21. The molecule has 2 rings (SSSR count). The predicted molar refractivity (Wildman–Crippen MR) is 72.2 cm³/mol. The zero-order chi connectivity index (χ0) is 11.5. The Bertz CT molecular complexity index is 254. The summed E-state index contributed by atoms with van der Waals surface area (Å²) in [6.07, 6.45) is 8.22. The molecule has 0 spiro atoms. The second-order valence-electron chi connectivity index (χ2n) is 5.64. The van der Waals surface area contributed by atoms with Crippen LogP contribution in [0.2, 0.25) is 0 Å². The van der Waals surface area contributed by atoms with E-state index in [-0.39, 0.29) is 24.4 Å². The van der Waals surface area contributed by atoms with E-state index in [1.165, 1.54) is 25.7 Å². The molecule has 2 fully saturated rings. The number of carbonyl (C=O) groups excluding carboxylic acids is 1. The van der Waals surface area contributed by atoms with E-state index in [0.29, 0.717) is 5.91 Å². The van der Waals surface area contributed by atoms with Crippen LogP contribution in [0.5, 0.6) is 0 Å². The van der Waals surface area contributed by atoms with Crippen LogP contribution in [0.3, 0.4) is 0 Å². The van der Waals surface area contributed by atoms with Crippen molar-refractivity contribution < 1.29 is 4.79 Å². The minimum atomic E-state index is 0. The highest BCUT2D eigenvalue weighted by atomic mass is 35.5. The molecule has 3 nitrogen and oxygen atoms in total. The molecule has 2 unspecified atom stereocenters. The number of hydrogen-bond acceptors (Lipinski definition) is 2. The second kappa shape index (κ2) is 6.60. The minimum absolute atomic E-state index is 0. The molecular weight excluding hydrogens is 236 g/mol. The van der Waals surface area contributed by atoms with E-state index in [0.717, 1.165) is 31.7 Å². The van der Waals surface area contributed by atoms with Crippen molar-refractivity contribution >= 4 is 18.3 Å². The van der Waals surface area contributed by atoms with Gasteiger partial charge in [-0.1, -0.05) is 12.8 Å². The number of halogens is 1. The molecule has 0 aliphatic heterocycles. The Morgan fingerprint density at radius 3 is 2.41 bits per heavy atom. The topological polar surface area (TPSA) is 46.3 Å². The van der Waals surface area contributed by atoms with Gasteiger partial charge in [0, 0.05) is 25.6 Å². The number of nitrogens with zero attached hydrogens (tertiary/aromatic N) is 1. The second-order valence-corrected chi connectivity index (χ2v) is 5.64. The van der Waals surface area contributed by atoms with Gasteiger partial charge in [-0.15, -0.1) is 12.4 Å². The Morgan fingerprint density at radius 1 is 1.24 bits per heavy atom. The fraction of sp³-hybridized carbons (Fsp3) is 0.923. The lowest BCUT2D eigenvalue weighted by Crippen LogP contribution is -2.35. The third-order valence-corrected chi connectivity index (χ3v) is 4.21. The molecule has 100 valence electrons. The molecule has 0 radical (unpaired) electrons. The maximum atomic E-state index is 12.1. The first-order chi connectivity index (χ1) is 7.66. The van der Waals surface area contributed by atoms with Crippen molar-refractivity contribution in [2.45, 2.75) is 51.0 Å². The predicted octanol–water partition coefficient (Wildman–Crippen LogP) is 2.18. The summed E-state index contributed by atoms with van der Waals surface area (Å²) in [6, 6.07) is 0.258. The van der Waals surface area contributed by atoms with E-state index in [1.807, 2.05) is 11.9 Å². The van der Waals surface area contributed by atoms with Crippen molar-refractivity contribution in [1.82, 2.24) is 4.90 Å². The number of nitrogens with two attached hydrogens (primary N) is 1. The number of amides is 1. The molecule has 0 heterocycles. The molecule has 2 saturated carbocycles. The van der Waals surface area contributed by atoms with Crippen LogP contribution in [0.25, 0.3) is 0 Å². The van der Waals surface area contributed by atoms with Crippen LogP contribution in [-0.4, -0.2) is 30.4 Å². The van der Waals surface area contributed by atoms with Gasteiger partial charge in [-0.25, -0.2) is 0 Å². The maximum Gasteiger partial charge on any atom is 0.225 e. The summed E-state index contributed by atoms with van der Waals surface area (Å²) in [6.45, 7) is 0.963. The minimum Gasteiger partial charge on any atom is -0.345 e. The summed E-state index contributed by atoms with van der Waals surface area (Å²) in [4.78, 5) is 14.1. The Labute approximate surface area is 111 Å². The highest BCUT2D eigenvalue weighted by Gasteiger charge is 2.30. The zero-order valence-electron chi connectivity index (χ0n) is 10.7. The molecule has 4 heteroatoms. The molecule has 0 saturated heterocycles. The van der Waals surface area contributed by atoms with Gasteiger partial charge in [-0.05, 0) is 38.0 Å². The molecule has 2 atom stereocenters. The van der Waals surface area contributed by atoms with Crippen molar-refractivity contribution in [2.24, 2.45) is 17.6 Å². The van der Waals surface area contributed by atoms with E-state index in [1.54, 1.807) is 0 Å². The maximum absolute atomic E-state index is 12.1. The van der Waals surface area contributed by atoms with E-state index in [9.17, 15) is 4.79 Å². The summed E-state index contributed by atoms with van der Waals surface area (Å²) in [5.41, 5.74) is 5.86. The van der Waals surface area contributed by atoms with E-state index in [2.05, 4.69) is 0 Å². The highest BCUT2D eigenvalue weighted by molar-refractivity contribution is 5.85. The quantitative estimate of drug-likeness (QED) is 0.846. The lowest BCUT2D eigenvalue weighted by molar-refractivity contribution is -0.134. The van der Waals surface area contributed by atoms with E-state index < -0.39 is 0 Å². The van der Waals surface area contributed by atoms with Crippen LogP contribution >= 0.6 is 12.4 Å². The fourth-order valence-corrected chi connectivity index (χ4v) is 3.22. The van der Waals surface area contributed by atoms with Crippen molar-refractivity contribution in [1.29, 1.82) is 0 Å². The highest BCUT2D eigenvalue weighted by Crippen LogP contribution is 2.28. The Morgan fingerprint density at radius 2 is 1.88 bits per heavy atom. The first-order valence-corrected chi connectivity index (χ1v) is 6.67. The molecule has 2 aliphatic carbocycles. The summed E-state index contributed by atoms with van der Waals surface area (Å²) in [5.74, 6) is 1.30. The summed E-state index contributed by atoms with van der Waals surface area (Å²) in [5, 5.41) is 0. The van der Waals surface area contributed by atoms with Gasteiger partial charge in [-0.3, -0.25) is 4.79 Å². The van der Waals surface area contributed by atoms with Crippen molar-refractivity contribution in [3.05, 3.63) is 0 Å². The van der Waals surface area contributed by atoms with Gasteiger partial charge >= 0.3 is 0 Å². The van der Waals surface area contributed by atoms with Crippen LogP contribution in [0, 0.1) is 11.8 Å². The van der Waals surface area contributed by atoms with Gasteiger partial charge in [0.1, 0.15) is 0 Å². The standard InChI is InChI=1S/C13H24N2O.ClH/c1-15(9-10-4-2-3-5-10)13(16)11-6-7-12(14)8-11;/h10-12H,2-9,14H2,1H3;1H. The molecular formula is C13H25ClN2O. The average molecular weight is 261 g/mol. The smallest absolute Gasteiger partial charge is 0.225 e. The van der Waals surface area contributed by atoms with Crippen molar-refractivity contribution in [3.8, 4) is 0 Å². The van der Waals surface area contributed by atoms with Gasteiger partial charge < -0.3 is 10.6 Å². The van der Waals surface area contributed by atoms with Crippen LogP contribution in [0.15, 0.2) is 0 Å². The van der Waals surface area contributed by atoms with Crippen molar-refractivity contribution in [3.63, 3.8) is 0 Å². The third kappa shape index (κ3) is 3.85. The Balaban J connectivity index is 0.00000144. The summed E-state index contributed by atoms with van der Waals surface area (Å²) in [7, 11) is 1.96. The zero-order valence-corrected chi connectivity index (χ0v) is 11.5. The summed E-state index contributed by atoms with van der Waals surface area (Å²) < 4.78 is 0. The lowest BCUT2D eigenvalue weighted by atomic mass is 10.0. The molecule has 0 aromatic rings. The average Bonchev–Trinajstić information content (AvgIpc) is 2.88. The molecule has 1 amide bonds. The van der Waals surface area contributed by atoms with Crippen LogP contribution in [-0.2, 0) is 4.79 Å². The van der Waals surface area contributed by atoms with Crippen LogP contribution < -0.4 is 5.73 Å². The first kappa shape index (κ1) is 14.8. The SMILES string of the molecule is CN(CC1CCCC1)C(=O)C1CCC(N)C1.Cl. The van der Waals surface area contributed by atoms with Gasteiger partial charge in [0.2, 0.25) is 5.91 Å². The molecule has 0 bridgehead atoms. The number of rotatable bonds is 3. The Hall–Kier alpha value is -0.280.